The monoisotopic (exact) mass is 290 g/mol. The average molecular weight is 291 g/mol. The van der Waals surface area contributed by atoms with Gasteiger partial charge in [-0.25, -0.2) is 4.39 Å². The largest absolute Gasteiger partial charge is 0.373 e. The second-order valence-electron chi connectivity index (χ2n) is 4.68. The SMILES string of the molecule is O=C(Nc1ccc(Cl)c(F)c1)[C@@H]1Cc2ccccc2N1. The summed E-state index contributed by atoms with van der Waals surface area (Å²) in [6, 6.07) is 11.6. The summed E-state index contributed by atoms with van der Waals surface area (Å²) < 4.78 is 13.3. The Hall–Kier alpha value is -2.07. The van der Waals surface area contributed by atoms with Crippen LogP contribution < -0.4 is 10.6 Å². The van der Waals surface area contributed by atoms with E-state index in [4.69, 9.17) is 11.6 Å². The molecule has 1 atom stereocenters. The molecular formula is C15H12ClFN2O. The highest BCUT2D eigenvalue weighted by molar-refractivity contribution is 6.30. The van der Waals surface area contributed by atoms with Crippen LogP contribution in [0.25, 0.3) is 0 Å². The van der Waals surface area contributed by atoms with Crippen molar-refractivity contribution in [3.63, 3.8) is 0 Å². The quantitative estimate of drug-likeness (QED) is 0.889. The van der Waals surface area contributed by atoms with Crippen LogP contribution in [0, 0.1) is 5.82 Å². The lowest BCUT2D eigenvalue weighted by Gasteiger charge is -2.12. The first-order valence-corrected chi connectivity index (χ1v) is 6.61. The summed E-state index contributed by atoms with van der Waals surface area (Å²) >= 11 is 5.61. The molecule has 5 heteroatoms. The molecule has 1 aliphatic rings. The van der Waals surface area contributed by atoms with Crippen molar-refractivity contribution in [3.8, 4) is 0 Å². The third-order valence-electron chi connectivity index (χ3n) is 3.27. The number of rotatable bonds is 2. The highest BCUT2D eigenvalue weighted by atomic mass is 35.5. The standard InChI is InChI=1S/C15H12ClFN2O/c16-11-6-5-10(8-12(11)17)18-15(20)14-7-9-3-1-2-4-13(9)19-14/h1-6,8,14,19H,7H2,(H,18,20)/t14-/m0/s1. The van der Waals surface area contributed by atoms with Crippen LogP contribution in [-0.4, -0.2) is 11.9 Å². The maximum Gasteiger partial charge on any atom is 0.247 e. The smallest absolute Gasteiger partial charge is 0.247 e. The normalized spacial score (nSPS) is 16.4. The van der Waals surface area contributed by atoms with Gasteiger partial charge in [0.15, 0.2) is 0 Å². The molecule has 2 aromatic rings. The number of hydrogen-bond acceptors (Lipinski definition) is 2. The number of anilines is 2. The summed E-state index contributed by atoms with van der Waals surface area (Å²) in [5.74, 6) is -0.741. The molecule has 2 aromatic carbocycles. The second-order valence-corrected chi connectivity index (χ2v) is 5.08. The van der Waals surface area contributed by atoms with E-state index in [1.165, 1.54) is 12.1 Å². The van der Waals surface area contributed by atoms with Crippen molar-refractivity contribution in [2.24, 2.45) is 0 Å². The molecule has 0 saturated heterocycles. The van der Waals surface area contributed by atoms with Gasteiger partial charge in [-0.3, -0.25) is 4.79 Å². The van der Waals surface area contributed by atoms with Gasteiger partial charge in [0.25, 0.3) is 0 Å². The van der Waals surface area contributed by atoms with Crippen molar-refractivity contribution in [2.45, 2.75) is 12.5 Å². The molecule has 0 saturated carbocycles. The van der Waals surface area contributed by atoms with E-state index in [1.807, 2.05) is 24.3 Å². The molecule has 0 radical (unpaired) electrons. The van der Waals surface area contributed by atoms with Gasteiger partial charge < -0.3 is 10.6 Å². The molecule has 0 spiro atoms. The first-order chi connectivity index (χ1) is 9.63. The number of carbonyl (C=O) groups is 1. The van der Waals surface area contributed by atoms with Gasteiger partial charge in [-0.2, -0.15) is 0 Å². The van der Waals surface area contributed by atoms with Gasteiger partial charge in [0.05, 0.1) is 5.02 Å². The Balaban J connectivity index is 1.71. The Kier molecular flexibility index (Phi) is 3.32. The van der Waals surface area contributed by atoms with Crippen LogP contribution in [0.4, 0.5) is 15.8 Å². The number of hydrogen-bond donors (Lipinski definition) is 2. The Bertz CT molecular complexity index is 650. The highest BCUT2D eigenvalue weighted by Gasteiger charge is 2.26. The molecule has 102 valence electrons. The van der Waals surface area contributed by atoms with Crippen molar-refractivity contribution >= 4 is 28.9 Å². The average Bonchev–Trinajstić information content (AvgIpc) is 2.87. The van der Waals surface area contributed by atoms with Crippen LogP contribution in [0.3, 0.4) is 0 Å². The number of fused-ring (bicyclic) bond motifs is 1. The molecule has 20 heavy (non-hydrogen) atoms. The van der Waals surface area contributed by atoms with E-state index in [2.05, 4.69) is 10.6 Å². The number of para-hydroxylation sites is 1. The first-order valence-electron chi connectivity index (χ1n) is 6.24. The van der Waals surface area contributed by atoms with Crippen molar-refractivity contribution in [1.29, 1.82) is 0 Å². The predicted octanol–water partition coefficient (Wildman–Crippen LogP) is 3.45. The van der Waals surface area contributed by atoms with E-state index >= 15 is 0 Å². The number of carbonyl (C=O) groups excluding carboxylic acids is 1. The number of halogens is 2. The molecule has 2 N–H and O–H groups in total. The fourth-order valence-electron chi connectivity index (χ4n) is 2.26. The summed E-state index contributed by atoms with van der Waals surface area (Å²) in [6.07, 6.45) is 0.623. The zero-order valence-corrected chi connectivity index (χ0v) is 11.2. The summed E-state index contributed by atoms with van der Waals surface area (Å²) in [6.45, 7) is 0. The van der Waals surface area contributed by atoms with E-state index in [0.29, 0.717) is 12.1 Å². The van der Waals surface area contributed by atoms with E-state index in [0.717, 1.165) is 11.3 Å². The van der Waals surface area contributed by atoms with Crippen molar-refractivity contribution in [1.82, 2.24) is 0 Å². The minimum atomic E-state index is -0.549. The molecule has 3 nitrogen and oxygen atoms in total. The molecule has 0 aromatic heterocycles. The summed E-state index contributed by atoms with van der Waals surface area (Å²) in [5, 5.41) is 5.87. The van der Waals surface area contributed by atoms with Gasteiger partial charge in [0.1, 0.15) is 11.9 Å². The van der Waals surface area contributed by atoms with Crippen LogP contribution >= 0.6 is 11.6 Å². The summed E-state index contributed by atoms with van der Waals surface area (Å²) in [7, 11) is 0. The fraction of sp³-hybridized carbons (Fsp3) is 0.133. The Morgan fingerprint density at radius 1 is 1.30 bits per heavy atom. The minimum Gasteiger partial charge on any atom is -0.373 e. The van der Waals surface area contributed by atoms with E-state index < -0.39 is 5.82 Å². The first kappa shape index (κ1) is 12.9. The van der Waals surface area contributed by atoms with Gasteiger partial charge >= 0.3 is 0 Å². The van der Waals surface area contributed by atoms with Gasteiger partial charge in [-0.1, -0.05) is 29.8 Å². The summed E-state index contributed by atoms with van der Waals surface area (Å²) in [5.41, 5.74) is 2.47. The van der Waals surface area contributed by atoms with E-state index in [1.54, 1.807) is 6.07 Å². The van der Waals surface area contributed by atoms with Crippen LogP contribution in [-0.2, 0) is 11.2 Å². The van der Waals surface area contributed by atoms with Crippen LogP contribution in [0.5, 0.6) is 0 Å². The third kappa shape index (κ3) is 2.47. The molecule has 1 amide bonds. The summed E-state index contributed by atoms with van der Waals surface area (Å²) in [4.78, 5) is 12.2. The molecule has 1 heterocycles. The Labute approximate surface area is 120 Å². The van der Waals surface area contributed by atoms with Gasteiger partial charge in [0.2, 0.25) is 5.91 Å². The lowest BCUT2D eigenvalue weighted by Crippen LogP contribution is -2.32. The van der Waals surface area contributed by atoms with Crippen molar-refractivity contribution < 1.29 is 9.18 Å². The number of benzene rings is 2. The maximum absolute atomic E-state index is 13.3. The molecule has 3 rings (SSSR count). The zero-order chi connectivity index (χ0) is 14.1. The van der Waals surface area contributed by atoms with Gasteiger partial charge in [-0.05, 0) is 29.8 Å². The Morgan fingerprint density at radius 2 is 2.10 bits per heavy atom. The second kappa shape index (κ2) is 5.13. The van der Waals surface area contributed by atoms with Crippen molar-refractivity contribution in [2.75, 3.05) is 10.6 Å². The molecule has 0 fully saturated rings. The molecule has 0 bridgehead atoms. The molecule has 0 aliphatic carbocycles. The number of amides is 1. The van der Waals surface area contributed by atoms with Gasteiger partial charge in [-0.15, -0.1) is 0 Å². The number of nitrogens with one attached hydrogen (secondary N) is 2. The molecular weight excluding hydrogens is 279 g/mol. The van der Waals surface area contributed by atoms with Crippen LogP contribution in [0.1, 0.15) is 5.56 Å². The zero-order valence-electron chi connectivity index (χ0n) is 10.5. The highest BCUT2D eigenvalue weighted by Crippen LogP contribution is 2.26. The maximum atomic E-state index is 13.3. The molecule has 1 aliphatic heterocycles. The lowest BCUT2D eigenvalue weighted by atomic mass is 10.1. The van der Waals surface area contributed by atoms with Gasteiger partial charge in [0, 0.05) is 17.8 Å². The fourth-order valence-corrected chi connectivity index (χ4v) is 2.38. The van der Waals surface area contributed by atoms with Crippen molar-refractivity contribution in [3.05, 3.63) is 58.9 Å². The van der Waals surface area contributed by atoms with Crippen LogP contribution in [0.2, 0.25) is 5.02 Å². The van der Waals surface area contributed by atoms with E-state index in [9.17, 15) is 9.18 Å². The topological polar surface area (TPSA) is 41.1 Å². The Morgan fingerprint density at radius 3 is 2.85 bits per heavy atom. The van der Waals surface area contributed by atoms with Crippen LogP contribution in [0.15, 0.2) is 42.5 Å². The molecule has 0 unspecified atom stereocenters. The lowest BCUT2D eigenvalue weighted by molar-refractivity contribution is -0.116. The predicted molar refractivity (Wildman–Crippen MR) is 77.6 cm³/mol. The minimum absolute atomic E-state index is 0.0365. The third-order valence-corrected chi connectivity index (χ3v) is 3.58. The van der Waals surface area contributed by atoms with E-state index in [-0.39, 0.29) is 17.0 Å².